The Morgan fingerprint density at radius 3 is 2.65 bits per heavy atom. The molecule has 1 saturated heterocycles. The molecule has 3 aromatic rings. The van der Waals surface area contributed by atoms with Crippen LogP contribution in [0.25, 0.3) is 11.3 Å². The third-order valence-corrected chi connectivity index (χ3v) is 7.90. The molecule has 0 unspecified atom stereocenters. The molecule has 1 aromatic carbocycles. The fourth-order valence-electron chi connectivity index (χ4n) is 4.13. The summed E-state index contributed by atoms with van der Waals surface area (Å²) in [6, 6.07) is 8.99. The van der Waals surface area contributed by atoms with E-state index in [1.165, 1.54) is 6.20 Å². The average Bonchev–Trinajstić information content (AvgIpc) is 3.33. The van der Waals surface area contributed by atoms with Gasteiger partial charge in [-0.05, 0) is 51.0 Å². The van der Waals surface area contributed by atoms with E-state index in [9.17, 15) is 8.42 Å². The zero-order chi connectivity index (χ0) is 22.0. The molecule has 2 aromatic heterocycles. The zero-order valence-electron chi connectivity index (χ0n) is 18.1. The summed E-state index contributed by atoms with van der Waals surface area (Å²) >= 11 is 0. The number of sulfonamides is 1. The third-order valence-electron chi connectivity index (χ3n) is 5.89. The number of benzene rings is 1. The third kappa shape index (κ3) is 4.12. The van der Waals surface area contributed by atoms with Crippen molar-refractivity contribution >= 4 is 10.0 Å². The monoisotopic (exact) mass is 444 g/mol. The number of aryl methyl sites for hydroxylation is 1. The van der Waals surface area contributed by atoms with Gasteiger partial charge in [0.2, 0.25) is 10.0 Å². The van der Waals surface area contributed by atoms with Gasteiger partial charge in [-0.3, -0.25) is 4.68 Å². The van der Waals surface area contributed by atoms with Crippen molar-refractivity contribution in [1.29, 1.82) is 0 Å². The number of methoxy groups -OCH3 is 1. The zero-order valence-corrected chi connectivity index (χ0v) is 18.9. The Labute approximate surface area is 182 Å². The first-order valence-electron chi connectivity index (χ1n) is 10.6. The van der Waals surface area contributed by atoms with Crippen molar-refractivity contribution in [3.8, 4) is 17.0 Å². The van der Waals surface area contributed by atoms with Gasteiger partial charge in [0.25, 0.3) is 0 Å². The molecule has 4 rings (SSSR count). The molecule has 8 nitrogen and oxygen atoms in total. The van der Waals surface area contributed by atoms with Gasteiger partial charge in [-0.1, -0.05) is 18.0 Å². The summed E-state index contributed by atoms with van der Waals surface area (Å²) in [5.74, 6) is 1.33. The van der Waals surface area contributed by atoms with Crippen molar-refractivity contribution in [2.24, 2.45) is 0 Å². The van der Waals surface area contributed by atoms with E-state index in [1.54, 1.807) is 23.0 Å². The van der Waals surface area contributed by atoms with Crippen LogP contribution in [-0.4, -0.2) is 41.3 Å². The first-order valence-corrected chi connectivity index (χ1v) is 12.0. The Hall–Kier alpha value is -2.65. The van der Waals surface area contributed by atoms with E-state index < -0.39 is 16.1 Å². The van der Waals surface area contributed by atoms with Crippen LogP contribution < -0.4 is 4.74 Å². The summed E-state index contributed by atoms with van der Waals surface area (Å²) in [6.07, 6.45) is 4.88. The molecule has 9 heteroatoms. The highest BCUT2D eigenvalue weighted by Gasteiger charge is 2.37. The lowest BCUT2D eigenvalue weighted by molar-refractivity contribution is 0.259. The molecule has 0 radical (unpaired) electrons. The summed E-state index contributed by atoms with van der Waals surface area (Å²) in [4.78, 5) is 0.260. The second-order valence-electron chi connectivity index (χ2n) is 7.73. The Kier molecular flexibility index (Phi) is 6.15. The Morgan fingerprint density at radius 1 is 1.19 bits per heavy atom. The quantitative estimate of drug-likeness (QED) is 0.566. The van der Waals surface area contributed by atoms with Crippen LogP contribution in [0.1, 0.15) is 50.1 Å². The first kappa shape index (κ1) is 21.6. The molecule has 31 heavy (non-hydrogen) atoms. The van der Waals surface area contributed by atoms with Gasteiger partial charge in [-0.25, -0.2) is 8.42 Å². The number of ether oxygens (including phenoxy) is 1. The normalized spacial score (nSPS) is 18.1. The maximum atomic E-state index is 13.6. The molecule has 0 amide bonds. The van der Waals surface area contributed by atoms with Crippen molar-refractivity contribution in [2.75, 3.05) is 13.7 Å². The predicted octanol–water partition coefficient (Wildman–Crippen LogP) is 4.18. The Balaban J connectivity index is 1.68. The minimum Gasteiger partial charge on any atom is -0.497 e. The highest BCUT2D eigenvalue weighted by Crippen LogP contribution is 2.37. The van der Waals surface area contributed by atoms with Crippen LogP contribution in [0.2, 0.25) is 0 Å². The lowest BCUT2D eigenvalue weighted by Crippen LogP contribution is -2.35. The minimum atomic E-state index is -3.72. The summed E-state index contributed by atoms with van der Waals surface area (Å²) in [6.45, 7) is 4.81. The lowest BCUT2D eigenvalue weighted by Gasteiger charge is -2.27. The minimum absolute atomic E-state index is 0.260. The van der Waals surface area contributed by atoms with Gasteiger partial charge in [0.05, 0.1) is 25.0 Å². The maximum absolute atomic E-state index is 13.6. The van der Waals surface area contributed by atoms with E-state index in [1.807, 2.05) is 37.3 Å². The van der Waals surface area contributed by atoms with Gasteiger partial charge in [0.1, 0.15) is 16.3 Å². The molecule has 0 N–H and O–H groups in total. The van der Waals surface area contributed by atoms with Crippen molar-refractivity contribution in [1.82, 2.24) is 19.2 Å². The van der Waals surface area contributed by atoms with Crippen molar-refractivity contribution in [3.63, 3.8) is 0 Å². The van der Waals surface area contributed by atoms with Crippen LogP contribution in [-0.2, 0) is 16.6 Å². The SMILES string of the molecule is CCn1ncc(S(=O)(=O)N2CCCCC[C@@H]2c2cc(-c3ccc(OC)cc3)no2)c1C. The van der Waals surface area contributed by atoms with Crippen molar-refractivity contribution in [2.45, 2.75) is 57.0 Å². The van der Waals surface area contributed by atoms with Crippen LogP contribution in [0.3, 0.4) is 0 Å². The Bertz CT molecular complexity index is 1130. The smallest absolute Gasteiger partial charge is 0.247 e. The van der Waals surface area contributed by atoms with Gasteiger partial charge in [0.15, 0.2) is 5.76 Å². The standard InChI is InChI=1S/C22H28N4O4S/c1-4-25-16(2)22(15-23-25)31(27,28)26-13-7-5-6-8-20(26)21-14-19(24-30-21)17-9-11-18(29-3)12-10-17/h9-12,14-15,20H,4-8,13H2,1-3H3/t20-/m1/s1. The Morgan fingerprint density at radius 2 is 1.97 bits per heavy atom. The number of hydrogen-bond acceptors (Lipinski definition) is 6. The van der Waals surface area contributed by atoms with Crippen molar-refractivity contribution in [3.05, 3.63) is 48.0 Å². The lowest BCUT2D eigenvalue weighted by atomic mass is 10.1. The van der Waals surface area contributed by atoms with Crippen LogP contribution >= 0.6 is 0 Å². The van der Waals surface area contributed by atoms with E-state index in [2.05, 4.69) is 10.3 Å². The van der Waals surface area contributed by atoms with Gasteiger partial charge in [-0.15, -0.1) is 0 Å². The molecule has 0 saturated carbocycles. The topological polar surface area (TPSA) is 90.5 Å². The molecular weight excluding hydrogens is 416 g/mol. The fraction of sp³-hybridized carbons (Fsp3) is 0.455. The molecule has 0 spiro atoms. The number of nitrogens with zero attached hydrogens (tertiary/aromatic N) is 4. The highest BCUT2D eigenvalue weighted by molar-refractivity contribution is 7.89. The van der Waals surface area contributed by atoms with E-state index in [-0.39, 0.29) is 4.90 Å². The van der Waals surface area contributed by atoms with Gasteiger partial charge in [0, 0.05) is 24.7 Å². The molecule has 1 atom stereocenters. The van der Waals surface area contributed by atoms with Gasteiger partial charge >= 0.3 is 0 Å². The summed E-state index contributed by atoms with van der Waals surface area (Å²) in [5.41, 5.74) is 2.22. The van der Waals surface area contributed by atoms with E-state index in [0.29, 0.717) is 36.7 Å². The van der Waals surface area contributed by atoms with Crippen LogP contribution in [0.5, 0.6) is 5.75 Å². The van der Waals surface area contributed by atoms with E-state index in [4.69, 9.17) is 9.26 Å². The molecule has 166 valence electrons. The number of rotatable bonds is 6. The maximum Gasteiger partial charge on any atom is 0.247 e. The molecule has 1 fully saturated rings. The molecule has 3 heterocycles. The van der Waals surface area contributed by atoms with Crippen LogP contribution in [0, 0.1) is 6.92 Å². The highest BCUT2D eigenvalue weighted by atomic mass is 32.2. The fourth-order valence-corrected chi connectivity index (χ4v) is 5.95. The molecular formula is C22H28N4O4S. The predicted molar refractivity (Wildman–Crippen MR) is 116 cm³/mol. The second-order valence-corrected chi connectivity index (χ2v) is 9.59. The van der Waals surface area contributed by atoms with E-state index >= 15 is 0 Å². The van der Waals surface area contributed by atoms with Crippen molar-refractivity contribution < 1.29 is 17.7 Å². The largest absolute Gasteiger partial charge is 0.497 e. The molecule has 1 aliphatic rings. The number of hydrogen-bond donors (Lipinski definition) is 0. The molecule has 0 bridgehead atoms. The number of aromatic nitrogens is 3. The van der Waals surface area contributed by atoms with Gasteiger partial charge in [-0.2, -0.15) is 9.40 Å². The van der Waals surface area contributed by atoms with Gasteiger partial charge < -0.3 is 9.26 Å². The summed E-state index contributed by atoms with van der Waals surface area (Å²) in [7, 11) is -2.10. The summed E-state index contributed by atoms with van der Waals surface area (Å²) < 4.78 is 41.4. The average molecular weight is 445 g/mol. The first-order chi connectivity index (χ1) is 15.0. The van der Waals surface area contributed by atoms with Crippen LogP contribution in [0.4, 0.5) is 0 Å². The van der Waals surface area contributed by atoms with E-state index in [0.717, 1.165) is 30.6 Å². The second kappa shape index (κ2) is 8.84. The molecule has 1 aliphatic heterocycles. The van der Waals surface area contributed by atoms with Crippen LogP contribution in [0.15, 0.2) is 45.9 Å². The molecule has 0 aliphatic carbocycles. The summed E-state index contributed by atoms with van der Waals surface area (Å²) in [5, 5.41) is 8.46.